The fourth-order valence-corrected chi connectivity index (χ4v) is 4.04. The van der Waals surface area contributed by atoms with Crippen LogP contribution in [-0.2, 0) is 4.79 Å². The van der Waals surface area contributed by atoms with Crippen LogP contribution in [0, 0.1) is 11.8 Å². The molecule has 0 saturated carbocycles. The molecular weight excluding hydrogens is 262 g/mol. The molecule has 0 aliphatic carbocycles. The lowest BCUT2D eigenvalue weighted by molar-refractivity contribution is -0.122. The van der Waals surface area contributed by atoms with E-state index in [0.717, 1.165) is 32.4 Å². The Hall–Kier alpha value is -0.610. The molecule has 4 heteroatoms. The van der Waals surface area contributed by atoms with Crippen LogP contribution in [0.5, 0.6) is 0 Å². The van der Waals surface area contributed by atoms with Crippen molar-refractivity contribution in [2.45, 2.75) is 70.9 Å². The number of nitrogens with zero attached hydrogens (tertiary/aromatic N) is 1. The highest BCUT2D eigenvalue weighted by molar-refractivity contribution is 5.76. The van der Waals surface area contributed by atoms with Gasteiger partial charge in [-0.05, 0) is 57.0 Å². The summed E-state index contributed by atoms with van der Waals surface area (Å²) in [6, 6.07) is 0.998. The van der Waals surface area contributed by atoms with Crippen LogP contribution >= 0.6 is 0 Å². The van der Waals surface area contributed by atoms with E-state index in [2.05, 4.69) is 24.1 Å². The fraction of sp³-hybridized carbons (Fsp3) is 0.941. The summed E-state index contributed by atoms with van der Waals surface area (Å²) in [5.74, 6) is 1.44. The number of carbonyl (C=O) groups excluding carboxylic acids is 1. The van der Waals surface area contributed by atoms with E-state index in [4.69, 9.17) is 5.73 Å². The number of rotatable bonds is 7. The van der Waals surface area contributed by atoms with Crippen molar-refractivity contribution in [2.24, 2.45) is 17.6 Å². The molecule has 3 atom stereocenters. The summed E-state index contributed by atoms with van der Waals surface area (Å²) in [7, 11) is 0. The quantitative estimate of drug-likeness (QED) is 0.756. The molecule has 0 radical (unpaired) electrons. The van der Waals surface area contributed by atoms with Gasteiger partial charge in [0.1, 0.15) is 0 Å². The monoisotopic (exact) mass is 295 g/mol. The van der Waals surface area contributed by atoms with Gasteiger partial charge in [-0.3, -0.25) is 9.69 Å². The average Bonchev–Trinajstić information content (AvgIpc) is 2.86. The molecule has 0 spiro atoms. The second-order valence-corrected chi connectivity index (χ2v) is 7.18. The topological polar surface area (TPSA) is 58.4 Å². The normalized spacial score (nSPS) is 27.6. The molecule has 1 amide bonds. The molecule has 21 heavy (non-hydrogen) atoms. The number of fused-ring (bicyclic) bond motifs is 1. The maximum atomic E-state index is 12.2. The third-order valence-electron chi connectivity index (χ3n) is 5.42. The van der Waals surface area contributed by atoms with Gasteiger partial charge in [0.05, 0.1) is 0 Å². The minimum Gasteiger partial charge on any atom is -0.352 e. The summed E-state index contributed by atoms with van der Waals surface area (Å²) < 4.78 is 0. The Kier molecular flexibility index (Phi) is 6.49. The average molecular weight is 295 g/mol. The van der Waals surface area contributed by atoms with Crippen molar-refractivity contribution in [3.8, 4) is 0 Å². The zero-order chi connectivity index (χ0) is 15.2. The molecule has 0 aromatic carbocycles. The van der Waals surface area contributed by atoms with Gasteiger partial charge in [0.25, 0.3) is 0 Å². The summed E-state index contributed by atoms with van der Waals surface area (Å²) in [6.45, 7) is 7.58. The zero-order valence-corrected chi connectivity index (χ0v) is 13.8. The summed E-state index contributed by atoms with van der Waals surface area (Å²) in [6.07, 6.45) is 7.70. The highest BCUT2D eigenvalue weighted by Crippen LogP contribution is 2.27. The molecule has 2 heterocycles. The molecule has 122 valence electrons. The van der Waals surface area contributed by atoms with Crippen LogP contribution in [0.3, 0.4) is 0 Å². The van der Waals surface area contributed by atoms with E-state index in [1.807, 2.05) is 0 Å². The zero-order valence-electron chi connectivity index (χ0n) is 13.8. The Bertz CT molecular complexity index is 332. The first-order valence-electron chi connectivity index (χ1n) is 8.85. The lowest BCUT2D eigenvalue weighted by atomic mass is 9.88. The second-order valence-electron chi connectivity index (χ2n) is 7.18. The maximum absolute atomic E-state index is 12.2. The first kappa shape index (κ1) is 16.8. The van der Waals surface area contributed by atoms with Crippen LogP contribution in [0.2, 0.25) is 0 Å². The van der Waals surface area contributed by atoms with Gasteiger partial charge < -0.3 is 11.1 Å². The summed E-state index contributed by atoms with van der Waals surface area (Å²) in [5, 5.41) is 3.30. The smallest absolute Gasteiger partial charge is 0.220 e. The molecule has 4 nitrogen and oxygen atoms in total. The van der Waals surface area contributed by atoms with Crippen molar-refractivity contribution in [3.05, 3.63) is 0 Å². The van der Waals surface area contributed by atoms with E-state index < -0.39 is 0 Å². The third-order valence-corrected chi connectivity index (χ3v) is 5.42. The van der Waals surface area contributed by atoms with Gasteiger partial charge in [-0.1, -0.05) is 20.3 Å². The lowest BCUT2D eigenvalue weighted by Crippen LogP contribution is -2.46. The standard InChI is InChI=1S/C17H33N3O/c1-13(2)14(8-10-18)6-7-17(21)19-15-9-12-20-11-4-3-5-16(15)20/h13-16H,3-12,18H2,1-2H3,(H,19,21). The van der Waals surface area contributed by atoms with E-state index in [1.54, 1.807) is 0 Å². The maximum Gasteiger partial charge on any atom is 0.220 e. The number of hydrogen-bond donors (Lipinski definition) is 2. The van der Waals surface area contributed by atoms with Crippen LogP contribution in [0.15, 0.2) is 0 Å². The van der Waals surface area contributed by atoms with Crippen LogP contribution < -0.4 is 11.1 Å². The SMILES string of the molecule is CC(C)C(CCN)CCC(=O)NC1CCN2CCCCC12. The van der Waals surface area contributed by atoms with E-state index in [1.165, 1.54) is 25.8 Å². The van der Waals surface area contributed by atoms with Crippen LogP contribution in [0.25, 0.3) is 0 Å². The van der Waals surface area contributed by atoms with Gasteiger partial charge in [0, 0.05) is 25.0 Å². The predicted octanol–water partition coefficient (Wildman–Crippen LogP) is 2.13. The Morgan fingerprint density at radius 2 is 2.05 bits per heavy atom. The van der Waals surface area contributed by atoms with Crippen molar-refractivity contribution in [2.75, 3.05) is 19.6 Å². The number of hydrogen-bond acceptors (Lipinski definition) is 3. The van der Waals surface area contributed by atoms with E-state index >= 15 is 0 Å². The Morgan fingerprint density at radius 1 is 1.24 bits per heavy atom. The van der Waals surface area contributed by atoms with Gasteiger partial charge in [0.2, 0.25) is 5.91 Å². The first-order chi connectivity index (χ1) is 10.1. The number of carbonyl (C=O) groups is 1. The second kappa shape index (κ2) is 8.14. The molecule has 2 aliphatic heterocycles. The molecule has 0 aromatic heterocycles. The van der Waals surface area contributed by atoms with Gasteiger partial charge in [-0.25, -0.2) is 0 Å². The molecule has 0 aromatic rings. The molecule has 3 unspecified atom stereocenters. The van der Waals surface area contributed by atoms with Gasteiger partial charge >= 0.3 is 0 Å². The molecular formula is C17H33N3O. The Morgan fingerprint density at radius 3 is 2.76 bits per heavy atom. The van der Waals surface area contributed by atoms with E-state index in [-0.39, 0.29) is 5.91 Å². The predicted molar refractivity (Wildman–Crippen MR) is 87.0 cm³/mol. The van der Waals surface area contributed by atoms with E-state index in [9.17, 15) is 4.79 Å². The van der Waals surface area contributed by atoms with Gasteiger partial charge in [0.15, 0.2) is 0 Å². The Labute approximate surface area is 129 Å². The van der Waals surface area contributed by atoms with Crippen molar-refractivity contribution < 1.29 is 4.79 Å². The van der Waals surface area contributed by atoms with E-state index in [0.29, 0.717) is 30.3 Å². The molecule has 2 fully saturated rings. The van der Waals surface area contributed by atoms with Crippen LogP contribution in [0.1, 0.15) is 58.8 Å². The van der Waals surface area contributed by atoms with Crippen molar-refractivity contribution in [1.82, 2.24) is 10.2 Å². The first-order valence-corrected chi connectivity index (χ1v) is 8.85. The molecule has 0 bridgehead atoms. The van der Waals surface area contributed by atoms with Gasteiger partial charge in [-0.2, -0.15) is 0 Å². The minimum absolute atomic E-state index is 0.245. The van der Waals surface area contributed by atoms with Crippen LogP contribution in [-0.4, -0.2) is 42.5 Å². The lowest BCUT2D eigenvalue weighted by Gasteiger charge is -2.32. The van der Waals surface area contributed by atoms with Crippen LogP contribution in [0.4, 0.5) is 0 Å². The minimum atomic E-state index is 0.245. The summed E-state index contributed by atoms with van der Waals surface area (Å²) >= 11 is 0. The number of nitrogens with two attached hydrogens (primary N) is 1. The largest absolute Gasteiger partial charge is 0.352 e. The third kappa shape index (κ3) is 4.68. The Balaban J connectivity index is 1.74. The van der Waals surface area contributed by atoms with Crippen molar-refractivity contribution in [1.29, 1.82) is 0 Å². The highest BCUT2D eigenvalue weighted by Gasteiger charge is 2.36. The summed E-state index contributed by atoms with van der Waals surface area (Å²) in [4.78, 5) is 14.8. The van der Waals surface area contributed by atoms with Crippen molar-refractivity contribution in [3.63, 3.8) is 0 Å². The number of piperidine rings is 1. The number of nitrogens with one attached hydrogen (secondary N) is 1. The molecule has 2 rings (SSSR count). The number of amides is 1. The van der Waals surface area contributed by atoms with Crippen molar-refractivity contribution >= 4 is 5.91 Å². The van der Waals surface area contributed by atoms with Gasteiger partial charge in [-0.15, -0.1) is 0 Å². The fourth-order valence-electron chi connectivity index (χ4n) is 4.04. The summed E-state index contributed by atoms with van der Waals surface area (Å²) in [5.41, 5.74) is 5.67. The molecule has 2 aliphatic rings. The molecule has 2 saturated heterocycles. The molecule has 3 N–H and O–H groups in total. The highest BCUT2D eigenvalue weighted by atomic mass is 16.1.